The summed E-state index contributed by atoms with van der Waals surface area (Å²) in [6.45, 7) is 6.36. The first-order valence-corrected chi connectivity index (χ1v) is 12.3. The van der Waals surface area contributed by atoms with Crippen molar-refractivity contribution in [1.82, 2.24) is 0 Å². The molecule has 196 valence electrons. The first-order chi connectivity index (χ1) is 17.1. The molecule has 0 heterocycles. The van der Waals surface area contributed by atoms with Gasteiger partial charge in [-0.3, -0.25) is 0 Å². The van der Waals surface area contributed by atoms with E-state index in [0.717, 1.165) is 56.1 Å². The maximum atomic E-state index is 11.8. The lowest BCUT2D eigenvalue weighted by Crippen LogP contribution is -2.16. The lowest BCUT2D eigenvalue weighted by molar-refractivity contribution is 0.0650. The number of benzene rings is 2. The third kappa shape index (κ3) is 8.83. The van der Waals surface area contributed by atoms with E-state index in [-0.39, 0.29) is 22.3 Å². The van der Waals surface area contributed by atoms with Crippen molar-refractivity contribution >= 4 is 23.9 Å². The molecule has 2 aromatic carbocycles. The van der Waals surface area contributed by atoms with Gasteiger partial charge in [0, 0.05) is 0 Å². The number of aromatic carboxylic acids is 4. The summed E-state index contributed by atoms with van der Waals surface area (Å²) in [6.07, 6.45) is 7.71. The molecule has 0 bridgehead atoms. The van der Waals surface area contributed by atoms with Crippen LogP contribution < -0.4 is 0 Å². The Morgan fingerprint density at radius 1 is 0.694 bits per heavy atom. The Balaban J connectivity index is 0.000000450. The van der Waals surface area contributed by atoms with Crippen molar-refractivity contribution in [3.05, 3.63) is 69.8 Å². The highest BCUT2D eigenvalue weighted by Crippen LogP contribution is 2.28. The van der Waals surface area contributed by atoms with E-state index >= 15 is 0 Å². The van der Waals surface area contributed by atoms with Crippen molar-refractivity contribution in [2.45, 2.75) is 72.1 Å². The van der Waals surface area contributed by atoms with Gasteiger partial charge < -0.3 is 20.4 Å². The summed E-state index contributed by atoms with van der Waals surface area (Å²) in [7, 11) is 0. The second-order valence-corrected chi connectivity index (χ2v) is 8.62. The lowest BCUT2D eigenvalue weighted by Gasteiger charge is -2.20. The van der Waals surface area contributed by atoms with E-state index in [4.69, 9.17) is 10.2 Å². The SMILES string of the molecule is CCCCc1ccc(C(=O)O)c(C(=O)O)c1CC(CC)CCCC.O=C(O)c1ccccc1C(=O)O. The smallest absolute Gasteiger partial charge is 0.336 e. The van der Waals surface area contributed by atoms with Crippen LogP contribution in [0.3, 0.4) is 0 Å². The molecule has 0 spiro atoms. The van der Waals surface area contributed by atoms with Gasteiger partial charge in [-0.2, -0.15) is 0 Å². The summed E-state index contributed by atoms with van der Waals surface area (Å²) >= 11 is 0. The Kier molecular flexibility index (Phi) is 12.9. The van der Waals surface area contributed by atoms with Gasteiger partial charge in [0.1, 0.15) is 0 Å². The maximum Gasteiger partial charge on any atom is 0.336 e. The van der Waals surface area contributed by atoms with Gasteiger partial charge in [-0.05, 0) is 54.5 Å². The highest BCUT2D eigenvalue weighted by molar-refractivity contribution is 6.03. The van der Waals surface area contributed by atoms with Crippen LogP contribution in [-0.4, -0.2) is 44.3 Å². The first-order valence-electron chi connectivity index (χ1n) is 12.3. The number of carboxylic acid groups (broad SMARTS) is 4. The predicted molar refractivity (Wildman–Crippen MR) is 136 cm³/mol. The normalized spacial score (nSPS) is 11.2. The fraction of sp³-hybridized carbons (Fsp3) is 0.429. The molecule has 2 aromatic rings. The average Bonchev–Trinajstić information content (AvgIpc) is 2.85. The molecule has 4 N–H and O–H groups in total. The van der Waals surface area contributed by atoms with Gasteiger partial charge >= 0.3 is 23.9 Å². The fourth-order valence-corrected chi connectivity index (χ4v) is 4.04. The largest absolute Gasteiger partial charge is 0.478 e. The van der Waals surface area contributed by atoms with E-state index in [1.165, 1.54) is 30.3 Å². The number of hydrogen-bond acceptors (Lipinski definition) is 4. The van der Waals surface area contributed by atoms with Crippen molar-refractivity contribution in [1.29, 1.82) is 0 Å². The monoisotopic (exact) mass is 500 g/mol. The second kappa shape index (κ2) is 15.3. The third-order valence-corrected chi connectivity index (χ3v) is 6.08. The minimum atomic E-state index is -1.23. The maximum absolute atomic E-state index is 11.8. The van der Waals surface area contributed by atoms with Gasteiger partial charge in [-0.1, -0.05) is 71.1 Å². The van der Waals surface area contributed by atoms with Gasteiger partial charge in [-0.25, -0.2) is 19.2 Å². The molecule has 0 aliphatic rings. The Labute approximate surface area is 211 Å². The van der Waals surface area contributed by atoms with E-state index in [1.54, 1.807) is 0 Å². The lowest BCUT2D eigenvalue weighted by atomic mass is 9.84. The van der Waals surface area contributed by atoms with Crippen LogP contribution in [0.5, 0.6) is 0 Å². The van der Waals surface area contributed by atoms with Crippen LogP contribution in [0.2, 0.25) is 0 Å². The van der Waals surface area contributed by atoms with Gasteiger partial charge in [0.05, 0.1) is 22.3 Å². The molecular formula is C28H36O8. The van der Waals surface area contributed by atoms with Crippen LogP contribution in [0, 0.1) is 5.92 Å². The van der Waals surface area contributed by atoms with E-state index in [0.29, 0.717) is 12.3 Å². The third-order valence-electron chi connectivity index (χ3n) is 6.08. The summed E-state index contributed by atoms with van der Waals surface area (Å²) in [5, 5.41) is 36.1. The Hall–Kier alpha value is -3.68. The zero-order valence-electron chi connectivity index (χ0n) is 21.1. The standard InChI is InChI=1S/C20H30O4.C8H6O4/c1-4-7-9-14(6-3)13-17-15(10-8-5-2)11-12-16(19(21)22)18(17)20(23)24;9-7(10)5-3-1-2-4-6(5)8(11)12/h11-12,14H,4-10,13H2,1-3H3,(H,21,22)(H,23,24);1-4H,(H,9,10)(H,11,12). The summed E-state index contributed by atoms with van der Waals surface area (Å²) in [5.74, 6) is -4.36. The minimum absolute atomic E-state index is 0.00829. The second-order valence-electron chi connectivity index (χ2n) is 8.62. The molecule has 1 atom stereocenters. The molecule has 0 radical (unpaired) electrons. The van der Waals surface area contributed by atoms with Crippen LogP contribution in [-0.2, 0) is 12.8 Å². The molecule has 8 heteroatoms. The number of hydrogen-bond donors (Lipinski definition) is 4. The van der Waals surface area contributed by atoms with E-state index in [1.807, 2.05) is 6.07 Å². The van der Waals surface area contributed by atoms with Crippen molar-refractivity contribution in [2.24, 2.45) is 5.92 Å². The number of aryl methyl sites for hydroxylation is 1. The Morgan fingerprint density at radius 2 is 1.22 bits per heavy atom. The van der Waals surface area contributed by atoms with Gasteiger partial charge in [0.2, 0.25) is 0 Å². The fourth-order valence-electron chi connectivity index (χ4n) is 4.04. The highest BCUT2D eigenvalue weighted by atomic mass is 16.4. The van der Waals surface area contributed by atoms with E-state index in [2.05, 4.69) is 20.8 Å². The number of rotatable bonds is 13. The van der Waals surface area contributed by atoms with Crippen LogP contribution in [0.1, 0.15) is 112 Å². The average molecular weight is 501 g/mol. The molecule has 8 nitrogen and oxygen atoms in total. The highest BCUT2D eigenvalue weighted by Gasteiger charge is 2.24. The van der Waals surface area contributed by atoms with Crippen molar-refractivity contribution in [2.75, 3.05) is 0 Å². The quantitative estimate of drug-likeness (QED) is 0.251. The summed E-state index contributed by atoms with van der Waals surface area (Å²) in [6, 6.07) is 8.74. The van der Waals surface area contributed by atoms with Gasteiger partial charge in [0.25, 0.3) is 0 Å². The van der Waals surface area contributed by atoms with Gasteiger partial charge in [0.15, 0.2) is 0 Å². The Bertz CT molecular complexity index is 1020. The van der Waals surface area contributed by atoms with Crippen LogP contribution in [0.15, 0.2) is 36.4 Å². The zero-order chi connectivity index (χ0) is 27.3. The van der Waals surface area contributed by atoms with E-state index < -0.39 is 23.9 Å². The van der Waals surface area contributed by atoms with Crippen molar-refractivity contribution in [3.8, 4) is 0 Å². The molecule has 36 heavy (non-hydrogen) atoms. The van der Waals surface area contributed by atoms with Crippen LogP contribution >= 0.6 is 0 Å². The topological polar surface area (TPSA) is 149 Å². The summed E-state index contributed by atoms with van der Waals surface area (Å²) < 4.78 is 0. The molecule has 0 saturated carbocycles. The molecule has 0 amide bonds. The minimum Gasteiger partial charge on any atom is -0.478 e. The molecule has 1 unspecified atom stereocenters. The molecule has 0 aliphatic carbocycles. The molecule has 2 rings (SSSR count). The summed E-state index contributed by atoms with van der Waals surface area (Å²) in [4.78, 5) is 44.2. The van der Waals surface area contributed by atoms with Crippen molar-refractivity contribution < 1.29 is 39.6 Å². The predicted octanol–water partition coefficient (Wildman–Crippen LogP) is 6.27. The van der Waals surface area contributed by atoms with Crippen molar-refractivity contribution in [3.63, 3.8) is 0 Å². The van der Waals surface area contributed by atoms with E-state index in [9.17, 15) is 29.4 Å². The molecule has 0 aliphatic heterocycles. The van der Waals surface area contributed by atoms with Crippen LogP contribution in [0.4, 0.5) is 0 Å². The zero-order valence-corrected chi connectivity index (χ0v) is 21.1. The molecule has 0 aromatic heterocycles. The Morgan fingerprint density at radius 3 is 1.64 bits per heavy atom. The first kappa shape index (κ1) is 30.4. The van der Waals surface area contributed by atoms with Gasteiger partial charge in [-0.15, -0.1) is 0 Å². The number of carboxylic acids is 4. The molecule has 0 fully saturated rings. The summed E-state index contributed by atoms with van der Waals surface area (Å²) in [5.41, 5.74) is 1.25. The molecule has 0 saturated heterocycles. The number of carbonyl (C=O) groups is 4. The van der Waals surface area contributed by atoms with Crippen LogP contribution in [0.25, 0.3) is 0 Å². The molecular weight excluding hydrogens is 464 g/mol. The number of unbranched alkanes of at least 4 members (excludes halogenated alkanes) is 2.